The van der Waals surface area contributed by atoms with Gasteiger partial charge in [-0.2, -0.15) is 9.97 Å². The zero-order valence-electron chi connectivity index (χ0n) is 54.0. The van der Waals surface area contributed by atoms with Crippen LogP contribution < -0.4 is 24.6 Å². The molecule has 3 aromatic carbocycles. The Balaban J connectivity index is 0.676. The van der Waals surface area contributed by atoms with Crippen molar-refractivity contribution < 1.29 is 47.4 Å². The van der Waals surface area contributed by atoms with E-state index in [0.717, 1.165) is 103 Å². The van der Waals surface area contributed by atoms with E-state index in [-0.39, 0.29) is 91.6 Å². The first-order valence-corrected chi connectivity index (χ1v) is 33.3. The molecule has 5 fully saturated rings. The predicted octanol–water partition coefficient (Wildman–Crippen LogP) is 11.1. The first-order chi connectivity index (χ1) is 43.7. The molecule has 4 aromatic heterocycles. The highest BCUT2D eigenvalue weighted by Crippen LogP contribution is 2.42. The van der Waals surface area contributed by atoms with Crippen LogP contribution in [-0.4, -0.2) is 165 Å². The number of anilines is 2. The van der Waals surface area contributed by atoms with Gasteiger partial charge in [0.05, 0.1) is 45.7 Å². The molecule has 5 aliphatic heterocycles. The quantitative estimate of drug-likeness (QED) is 0.0679. The van der Waals surface area contributed by atoms with E-state index in [4.69, 9.17) is 38.4 Å². The number of thiazole rings is 1. The number of β-amino-alcohol motifs (C(OH)–C–C–N with tert-alkyl or cyclic N) is 1. The number of hydrogen-bond donors (Lipinski definition) is 2. The maximum absolute atomic E-state index is 17.7. The molecule has 0 aliphatic carbocycles. The van der Waals surface area contributed by atoms with Gasteiger partial charge in [-0.3, -0.25) is 24.4 Å². The summed E-state index contributed by atoms with van der Waals surface area (Å²) in [5, 5.41) is 20.7. The molecule has 0 spiro atoms. The molecule has 22 heteroatoms. The summed E-state index contributed by atoms with van der Waals surface area (Å²) in [6.07, 6.45) is 6.18. The molecule has 0 radical (unpaired) electrons. The van der Waals surface area contributed by atoms with Crippen LogP contribution in [0.1, 0.15) is 128 Å². The molecule has 9 heterocycles. The van der Waals surface area contributed by atoms with Crippen LogP contribution in [-0.2, 0) is 25.5 Å². The van der Waals surface area contributed by atoms with Gasteiger partial charge in [0.25, 0.3) is 0 Å². The number of nitrogens with one attached hydrogen (secondary N) is 1. The lowest BCUT2D eigenvalue weighted by molar-refractivity contribution is -0.141. The van der Waals surface area contributed by atoms with E-state index in [2.05, 4.69) is 44.0 Å². The van der Waals surface area contributed by atoms with Gasteiger partial charge in [0, 0.05) is 70.1 Å². The molecule has 2 bridgehead atoms. The Hall–Kier alpha value is -7.53. The molecule has 12 rings (SSSR count). The second kappa shape index (κ2) is 26.6. The van der Waals surface area contributed by atoms with Crippen LogP contribution >= 0.6 is 11.3 Å². The molecule has 20 nitrogen and oxygen atoms in total. The van der Waals surface area contributed by atoms with Crippen LogP contribution in [0, 0.1) is 30.5 Å². The van der Waals surface area contributed by atoms with Crippen LogP contribution in [0.4, 0.5) is 20.8 Å². The molecular weight excluding hydrogens is 1180 g/mol. The molecule has 5 saturated heterocycles. The molecular formula is C69H86FN11O9S. The monoisotopic (exact) mass is 1260 g/mol. The fourth-order valence-electron chi connectivity index (χ4n) is 14.4. The van der Waals surface area contributed by atoms with Gasteiger partial charge in [-0.15, -0.1) is 11.3 Å². The van der Waals surface area contributed by atoms with Crippen molar-refractivity contribution in [3.05, 3.63) is 101 Å². The van der Waals surface area contributed by atoms with E-state index < -0.39 is 29.5 Å². The molecule has 91 heavy (non-hydrogen) atoms. The highest BCUT2D eigenvalue weighted by molar-refractivity contribution is 7.13. The molecule has 484 valence electrons. The third kappa shape index (κ3) is 13.4. The van der Waals surface area contributed by atoms with Crippen LogP contribution in [0.15, 0.2) is 76.9 Å². The Bertz CT molecular complexity index is 3750. The first kappa shape index (κ1) is 63.6. The van der Waals surface area contributed by atoms with E-state index in [1.54, 1.807) is 24.6 Å². The molecule has 3 amide bonds. The zero-order valence-corrected chi connectivity index (χ0v) is 54.8. The number of hydrogen-bond acceptors (Lipinski definition) is 18. The Labute approximate surface area is 535 Å². The third-order valence-corrected chi connectivity index (χ3v) is 20.1. The van der Waals surface area contributed by atoms with Crippen molar-refractivity contribution in [2.75, 3.05) is 76.1 Å². The largest absolute Gasteiger partial charge is 0.468 e. The van der Waals surface area contributed by atoms with Gasteiger partial charge in [-0.25, -0.2) is 14.2 Å². The van der Waals surface area contributed by atoms with Crippen molar-refractivity contribution in [2.24, 2.45) is 17.8 Å². The maximum atomic E-state index is 17.7. The average Bonchev–Trinajstić information content (AvgIpc) is 1.70. The van der Waals surface area contributed by atoms with Crippen molar-refractivity contribution in [1.29, 1.82) is 0 Å². The molecule has 2 N–H and O–H groups in total. The summed E-state index contributed by atoms with van der Waals surface area (Å²) in [5.41, 5.74) is 6.04. The number of piperidine rings is 1. The third-order valence-electron chi connectivity index (χ3n) is 19.1. The number of piperazine rings is 1. The summed E-state index contributed by atoms with van der Waals surface area (Å²) in [5.74, 6) is 1.21. The van der Waals surface area contributed by atoms with E-state index in [9.17, 15) is 19.5 Å². The minimum atomic E-state index is -0.829. The lowest BCUT2D eigenvalue weighted by atomic mass is 9.83. The number of rotatable bonds is 20. The van der Waals surface area contributed by atoms with Crippen LogP contribution in [0.25, 0.3) is 43.4 Å². The number of carbonyl (C=O) groups is 3. The van der Waals surface area contributed by atoms with Crippen molar-refractivity contribution in [3.8, 4) is 33.5 Å². The molecule has 7 atom stereocenters. The average molecular weight is 1260 g/mol. The van der Waals surface area contributed by atoms with Gasteiger partial charge in [0.15, 0.2) is 24.2 Å². The number of carbonyl (C=O) groups excluding carboxylic acids is 3. The van der Waals surface area contributed by atoms with Crippen molar-refractivity contribution in [2.45, 2.75) is 155 Å². The van der Waals surface area contributed by atoms with Crippen molar-refractivity contribution in [3.63, 3.8) is 0 Å². The van der Waals surface area contributed by atoms with Gasteiger partial charge in [-0.05, 0) is 151 Å². The number of benzene rings is 3. The number of methoxy groups -OCH3 is 1. The van der Waals surface area contributed by atoms with Gasteiger partial charge in [0.2, 0.25) is 11.8 Å². The van der Waals surface area contributed by atoms with E-state index in [1.807, 2.05) is 120 Å². The summed E-state index contributed by atoms with van der Waals surface area (Å²) in [4.78, 5) is 72.3. The highest BCUT2D eigenvalue weighted by atomic mass is 32.1. The summed E-state index contributed by atoms with van der Waals surface area (Å²) < 4.78 is 47.3. The van der Waals surface area contributed by atoms with Gasteiger partial charge >= 0.3 is 12.1 Å². The summed E-state index contributed by atoms with van der Waals surface area (Å²) in [6.45, 7) is 22.5. The molecule has 0 saturated carbocycles. The summed E-state index contributed by atoms with van der Waals surface area (Å²) in [7, 11) is 1.56. The second-order valence-corrected chi connectivity index (χ2v) is 27.9. The Morgan fingerprint density at radius 1 is 0.890 bits per heavy atom. The number of pyridine rings is 1. The van der Waals surface area contributed by atoms with Crippen molar-refractivity contribution >= 4 is 62.6 Å². The normalized spacial score (nSPS) is 21.0. The summed E-state index contributed by atoms with van der Waals surface area (Å²) in [6, 6.07) is 18.4. The minimum Gasteiger partial charge on any atom is -0.468 e. The SMILES string of the molecule is CCc1cccc2cc(OCOC)cc(-c3ncc4c(N5CC6CCC(C5)N6C(=O)OC(C)(C)C)nc(OC[C@H](C)N5CCC(CC6CN(c7cc([C@@H](C(=O)N8C[C@H](O)C[C@H]8C(=O)N[C@@H](C)c8ccc(-c9scnc9C)cc8)C(C)C)on7)C6)CC5)nc4c3F)c12. The second-order valence-electron chi connectivity index (χ2n) is 27.1. The van der Waals surface area contributed by atoms with Crippen LogP contribution in [0.5, 0.6) is 11.8 Å². The number of halogens is 1. The van der Waals surface area contributed by atoms with Gasteiger partial charge < -0.3 is 48.6 Å². The number of amides is 3. The van der Waals surface area contributed by atoms with E-state index in [1.165, 1.54) is 4.90 Å². The number of fused-ring (bicyclic) bond motifs is 4. The lowest BCUT2D eigenvalue weighted by Gasteiger charge is -2.43. The lowest BCUT2D eigenvalue weighted by Crippen LogP contribution is -2.57. The number of aromatic nitrogens is 5. The van der Waals surface area contributed by atoms with Crippen LogP contribution in [0.2, 0.25) is 0 Å². The standard InChI is InChI=1S/C69H86FN11O9S/c1-11-45-13-12-14-48-26-52(88-38-86-10)28-53(59(45)48)61-60(70)62-54(30-71-61)64(79-33-49-19-20-50(34-79)81(49)68(85)89-69(7,8)9)75-67(74-62)87-36-40(4)77-23-21-43(22-24-77)25-44-31-78(32-44)57-29-56(90-76-57)58(39(2)3)66(84)80-35-51(82)27-55(80)65(83)73-41(5)46-15-17-47(18-16-46)63-42(6)72-37-91-63/h12-18,26,28-30,37,39-41,43-44,49-51,55,58,82H,11,19-25,27,31-36,38H2,1-10H3,(H,73,83)/t40-,41-,49?,50?,51+,55-,58-/m0/s1. The maximum Gasteiger partial charge on any atom is 0.410 e. The van der Waals surface area contributed by atoms with E-state index in [0.29, 0.717) is 59.0 Å². The minimum absolute atomic E-state index is 0.0151. The number of aliphatic hydroxyl groups excluding tert-OH is 1. The fourth-order valence-corrected chi connectivity index (χ4v) is 15.2. The zero-order chi connectivity index (χ0) is 64.0. The number of nitrogens with zero attached hydrogens (tertiary/aromatic N) is 10. The first-order valence-electron chi connectivity index (χ1n) is 32.4. The smallest absolute Gasteiger partial charge is 0.410 e. The van der Waals surface area contributed by atoms with Gasteiger partial charge in [0.1, 0.15) is 46.9 Å². The Morgan fingerprint density at radius 2 is 1.64 bits per heavy atom. The molecule has 7 aromatic rings. The summed E-state index contributed by atoms with van der Waals surface area (Å²) >= 11 is 1.59. The number of ether oxygens (including phenoxy) is 4. The predicted molar refractivity (Wildman–Crippen MR) is 348 cm³/mol. The van der Waals surface area contributed by atoms with E-state index >= 15 is 4.39 Å². The topological polar surface area (TPSA) is 214 Å². The number of aryl methyl sites for hydroxylation is 2. The number of aliphatic hydroxyl groups is 1. The Kier molecular flexibility index (Phi) is 18.6. The van der Waals surface area contributed by atoms with Gasteiger partial charge in [-0.1, -0.05) is 68.4 Å². The highest BCUT2D eigenvalue weighted by Gasteiger charge is 2.47. The fraction of sp³-hybridized carbons (Fsp3) is 0.536. The Morgan fingerprint density at radius 3 is 2.32 bits per heavy atom. The molecule has 2 unspecified atom stereocenters. The van der Waals surface area contributed by atoms with Crippen molar-refractivity contribution in [1.82, 2.24) is 45.1 Å². The van der Waals surface area contributed by atoms with Crippen LogP contribution in [0.3, 0.4) is 0 Å². The molecule has 5 aliphatic rings. The number of likely N-dealkylation sites (tertiary alicyclic amines) is 2.